The van der Waals surface area contributed by atoms with Gasteiger partial charge < -0.3 is 10.8 Å². The number of amides is 1. The molecule has 3 N–H and O–H groups in total. The molecule has 234 valence electrons. The van der Waals surface area contributed by atoms with Crippen molar-refractivity contribution in [2.24, 2.45) is 29.4 Å². The number of rotatable bonds is 7. The van der Waals surface area contributed by atoms with Crippen molar-refractivity contribution in [2.75, 3.05) is 12.5 Å². The topological polar surface area (TPSA) is 140 Å². The Kier molecular flexibility index (Phi) is 9.37. The van der Waals surface area contributed by atoms with Crippen LogP contribution in [0.25, 0.3) is 0 Å². The van der Waals surface area contributed by atoms with Crippen LogP contribution in [0.4, 0.5) is 0 Å². The van der Waals surface area contributed by atoms with Crippen LogP contribution in [-0.2, 0) is 35.2 Å². The predicted octanol–water partition coefficient (Wildman–Crippen LogP) is 4.88. The summed E-state index contributed by atoms with van der Waals surface area (Å²) in [4.78, 5) is 11.6. The van der Waals surface area contributed by atoms with Gasteiger partial charge in [-0.3, -0.25) is 14.2 Å². The van der Waals surface area contributed by atoms with Crippen molar-refractivity contribution in [1.29, 1.82) is 5.26 Å². The van der Waals surface area contributed by atoms with Crippen LogP contribution in [0.2, 0.25) is 0 Å². The van der Waals surface area contributed by atoms with Gasteiger partial charge in [0.05, 0.1) is 13.1 Å². The number of halogens is 3. The summed E-state index contributed by atoms with van der Waals surface area (Å²) >= 11 is 6.03. The molecule has 0 aliphatic heterocycles. The monoisotopic (exact) mass is 684 g/mol. The number of aliphatic hydroxyl groups excluding tert-OH is 1. The number of carbonyl (C=O) groups is 1. The number of nitrogens with zero attached hydrogens (tertiary/aromatic N) is 5. The van der Waals surface area contributed by atoms with Gasteiger partial charge in [-0.1, -0.05) is 60.7 Å². The van der Waals surface area contributed by atoms with Crippen molar-refractivity contribution in [3.63, 3.8) is 0 Å². The lowest BCUT2D eigenvalue weighted by Crippen LogP contribution is -2.15. The van der Waals surface area contributed by atoms with E-state index in [1.165, 1.54) is 16.8 Å². The largest absolute Gasteiger partial charge is 0.396 e. The number of nitriles is 1. The minimum absolute atomic E-state index is 0.206. The normalized spacial score (nSPS) is 24.2. The molecule has 0 saturated heterocycles. The summed E-state index contributed by atoms with van der Waals surface area (Å²) in [7, 11) is 7.36. The summed E-state index contributed by atoms with van der Waals surface area (Å²) in [6.45, 7) is 1.58. The first kappa shape index (κ1) is 31.8. The molecule has 4 aromatic rings. The lowest BCUT2D eigenvalue weighted by Gasteiger charge is -2.07. The number of hydrogen-bond acceptors (Lipinski definition) is 6. The van der Waals surface area contributed by atoms with Gasteiger partial charge in [-0.15, -0.1) is 11.6 Å². The molecule has 4 aliphatic rings. The molecule has 2 fully saturated rings. The van der Waals surface area contributed by atoms with Crippen LogP contribution in [-0.4, -0.2) is 47.3 Å². The third kappa shape index (κ3) is 6.29. The Bertz CT molecular complexity index is 1770. The average Bonchev–Trinajstić information content (AvgIpc) is 3.55. The van der Waals surface area contributed by atoms with E-state index in [0.717, 1.165) is 36.2 Å². The number of benzene rings is 2. The molecule has 0 radical (unpaired) electrons. The van der Waals surface area contributed by atoms with Crippen LogP contribution in [0.1, 0.15) is 61.7 Å². The van der Waals surface area contributed by atoms with E-state index in [-0.39, 0.29) is 6.61 Å². The summed E-state index contributed by atoms with van der Waals surface area (Å²) in [5, 5.41) is 27.6. The van der Waals surface area contributed by atoms with Crippen LogP contribution in [0.3, 0.4) is 0 Å². The van der Waals surface area contributed by atoms with Gasteiger partial charge in [0, 0.05) is 68.2 Å². The first-order chi connectivity index (χ1) is 21.8. The van der Waals surface area contributed by atoms with Crippen molar-refractivity contribution in [1.82, 2.24) is 19.6 Å². The summed E-state index contributed by atoms with van der Waals surface area (Å²) in [5.41, 5.74) is 13.4. The van der Waals surface area contributed by atoms with E-state index in [4.69, 9.17) is 21.5 Å². The Morgan fingerprint density at radius 2 is 1.40 bits per heavy atom. The molecule has 8 rings (SSSR count). The van der Waals surface area contributed by atoms with Crippen LogP contribution in [0.15, 0.2) is 60.7 Å². The summed E-state index contributed by atoms with van der Waals surface area (Å²) in [6, 6.07) is 22.6. The van der Waals surface area contributed by atoms with Gasteiger partial charge in [-0.2, -0.15) is 15.5 Å². The quantitative estimate of drug-likeness (QED) is 0.210. The van der Waals surface area contributed by atoms with E-state index >= 15 is 0 Å². The summed E-state index contributed by atoms with van der Waals surface area (Å²) in [5.74, 6) is 3.15. The minimum Gasteiger partial charge on any atom is -0.396 e. The number of fused-ring (bicyclic) bond motifs is 6. The van der Waals surface area contributed by atoms with Crippen molar-refractivity contribution in [3.8, 4) is 6.07 Å². The molecule has 6 atom stereocenters. The second kappa shape index (κ2) is 13.3. The van der Waals surface area contributed by atoms with Gasteiger partial charge >= 0.3 is 0 Å². The average molecular weight is 686 g/mol. The molecular formula is C32H31Cl3N6O3S. The molecule has 2 aromatic heterocycles. The molecule has 13 heteroatoms. The highest BCUT2D eigenvalue weighted by atomic mass is 36.0. The predicted molar refractivity (Wildman–Crippen MR) is 173 cm³/mol. The van der Waals surface area contributed by atoms with E-state index in [2.05, 4.69) is 49.8 Å². The molecular weight excluding hydrogens is 655 g/mol. The molecule has 1 amide bonds. The zero-order valence-electron chi connectivity index (χ0n) is 24.1. The summed E-state index contributed by atoms with van der Waals surface area (Å²) < 4.78 is 13.0. The first-order valence-corrected chi connectivity index (χ1v) is 18.0. The van der Waals surface area contributed by atoms with E-state index in [1.54, 1.807) is 0 Å². The Morgan fingerprint density at radius 1 is 0.911 bits per heavy atom. The Balaban J connectivity index is 0.000000142. The van der Waals surface area contributed by atoms with Crippen LogP contribution < -0.4 is 5.73 Å². The third-order valence-electron chi connectivity index (χ3n) is 9.44. The molecule has 2 aromatic carbocycles. The van der Waals surface area contributed by atoms with Gasteiger partial charge in [0.25, 0.3) is 5.91 Å². The molecule has 0 spiro atoms. The molecule has 4 aliphatic carbocycles. The molecule has 0 bridgehead atoms. The molecule has 2 heterocycles. The number of nitrogens with two attached hydrogens (primary N) is 1. The van der Waals surface area contributed by atoms with Crippen molar-refractivity contribution < 1.29 is 14.1 Å². The van der Waals surface area contributed by atoms with Gasteiger partial charge in [-0.05, 0) is 47.6 Å². The maximum absolute atomic E-state index is 11.6. The number of hydrogen-bond donors (Lipinski definition) is 2. The molecule has 0 unspecified atom stereocenters. The smallest absolute Gasteiger partial charge is 0.269 e. The maximum atomic E-state index is 11.6. The number of aliphatic hydroxyl groups is 1. The lowest BCUT2D eigenvalue weighted by molar-refractivity contribution is 0.0994. The van der Waals surface area contributed by atoms with Crippen LogP contribution >= 0.6 is 33.0 Å². The number of alkyl halides is 1. The highest BCUT2D eigenvalue weighted by molar-refractivity contribution is 8.26. The third-order valence-corrected chi connectivity index (χ3v) is 9.80. The number of aromatic nitrogens is 4. The van der Waals surface area contributed by atoms with Crippen LogP contribution in [0, 0.1) is 35.0 Å². The first-order valence-electron chi connectivity index (χ1n) is 14.6. The molecule has 45 heavy (non-hydrogen) atoms. The molecule has 2 saturated carbocycles. The Labute approximate surface area is 277 Å². The lowest BCUT2D eigenvalue weighted by atomic mass is 10.1. The second-order valence-electron chi connectivity index (χ2n) is 11.8. The second-order valence-corrected chi connectivity index (χ2v) is 14.7. The summed E-state index contributed by atoms with van der Waals surface area (Å²) in [6.07, 6.45) is 1.80. The SMILES string of the molecule is N#Cc1nn(Cc2ccccc2)c2c1C[C@H]1[C@H](CCl)[C@@H]21.NC(=O)c1nn(Cc2ccccc2)c2c1C[C@H]1[C@H](CO)[C@@H]21.O=S(Cl)Cl. The zero-order valence-corrected chi connectivity index (χ0v) is 27.2. The fourth-order valence-electron chi connectivity index (χ4n) is 7.40. The highest BCUT2D eigenvalue weighted by Gasteiger charge is 2.59. The van der Waals surface area contributed by atoms with Gasteiger partial charge in [-0.25, -0.2) is 4.21 Å². The molecule has 9 nitrogen and oxygen atoms in total. The standard InChI is InChI=1S/C16H14ClN3.C16H17N3O2.Cl2OS/c17-7-13-11-6-12-14(8-18)19-20(16(12)15(11)13)9-10-4-2-1-3-5-10;17-16(21)14-11-6-10-12(8-20)13(10)15(11)19(18-14)7-9-4-2-1-3-5-9;1-4(2)3/h1-5,11,13,15H,6-7,9H2;1-5,10,12-13,20H,6-8H2,(H2,17,21);/t11-,13-,15-;10-,12-,13-;/m00./s1. The Hall–Kier alpha value is -3.20. The number of primary amides is 1. The van der Waals surface area contributed by atoms with Crippen LogP contribution in [0.5, 0.6) is 0 Å². The van der Waals surface area contributed by atoms with Crippen molar-refractivity contribution in [2.45, 2.75) is 37.8 Å². The van der Waals surface area contributed by atoms with Gasteiger partial charge in [0.2, 0.25) is 9.23 Å². The Morgan fingerprint density at radius 3 is 1.91 bits per heavy atom. The van der Waals surface area contributed by atoms with E-state index in [1.807, 2.05) is 57.9 Å². The van der Waals surface area contributed by atoms with Crippen molar-refractivity contribution >= 4 is 48.1 Å². The van der Waals surface area contributed by atoms with E-state index < -0.39 is 15.1 Å². The van der Waals surface area contributed by atoms with Gasteiger partial charge in [0.1, 0.15) is 6.07 Å². The van der Waals surface area contributed by atoms with Crippen molar-refractivity contribution in [3.05, 3.63) is 106 Å². The maximum Gasteiger partial charge on any atom is 0.269 e. The van der Waals surface area contributed by atoms with Gasteiger partial charge in [0.15, 0.2) is 11.4 Å². The fraction of sp³-hybridized carbons (Fsp3) is 0.375. The number of carbonyl (C=O) groups excluding carboxylic acids is 1. The van der Waals surface area contributed by atoms with E-state index in [9.17, 15) is 15.2 Å². The minimum atomic E-state index is -1.67. The van der Waals surface area contributed by atoms with E-state index in [0.29, 0.717) is 59.3 Å². The fourth-order valence-corrected chi connectivity index (χ4v) is 7.82. The zero-order chi connectivity index (χ0) is 31.8. The highest BCUT2D eigenvalue weighted by Crippen LogP contribution is 2.63.